The molecule has 2 unspecified atom stereocenters. The monoisotopic (exact) mass is 528 g/mol. The Bertz CT molecular complexity index is 1370. The zero-order valence-corrected chi connectivity index (χ0v) is 22.8. The first kappa shape index (κ1) is 26.9. The van der Waals surface area contributed by atoms with Crippen molar-refractivity contribution in [1.82, 2.24) is 19.8 Å². The minimum Gasteiger partial charge on any atom is -0.397 e. The number of aromatic nitrogens is 2. The Morgan fingerprint density at radius 2 is 1.97 bits per heavy atom. The first-order valence-corrected chi connectivity index (χ1v) is 13.4. The van der Waals surface area contributed by atoms with Crippen molar-refractivity contribution in [2.75, 3.05) is 44.3 Å². The fourth-order valence-corrected chi connectivity index (χ4v) is 5.55. The molecule has 2 aromatic carbocycles. The Morgan fingerprint density at radius 3 is 2.74 bits per heavy atom. The molecule has 4 N–H and O–H groups in total. The van der Waals surface area contributed by atoms with Crippen molar-refractivity contribution in [3.05, 3.63) is 70.5 Å². The summed E-state index contributed by atoms with van der Waals surface area (Å²) in [5.74, 6) is 0.597. The number of rotatable bonds is 7. The van der Waals surface area contributed by atoms with Crippen molar-refractivity contribution in [3.63, 3.8) is 0 Å². The van der Waals surface area contributed by atoms with E-state index in [1.54, 1.807) is 25.2 Å². The van der Waals surface area contributed by atoms with E-state index in [9.17, 15) is 9.90 Å². The Hall–Kier alpha value is -3.73. The molecular formula is C29H36N8O2. The van der Waals surface area contributed by atoms with E-state index in [1.807, 2.05) is 6.20 Å². The molecule has 3 heterocycles. The molecule has 2 aliphatic rings. The second-order valence-electron chi connectivity index (χ2n) is 10.5. The third-order valence-corrected chi connectivity index (χ3v) is 7.47. The molecule has 3 aromatic rings. The van der Waals surface area contributed by atoms with Crippen molar-refractivity contribution < 1.29 is 9.90 Å². The number of carbonyl (C=O) groups excluding carboxylic acids is 1. The lowest BCUT2D eigenvalue weighted by atomic mass is 9.96. The van der Waals surface area contributed by atoms with Crippen LogP contribution in [0.25, 0.3) is 0 Å². The summed E-state index contributed by atoms with van der Waals surface area (Å²) in [5, 5.41) is 22.0. The van der Waals surface area contributed by atoms with Crippen LogP contribution >= 0.6 is 0 Å². The largest absolute Gasteiger partial charge is 0.397 e. The lowest BCUT2D eigenvalue weighted by Crippen LogP contribution is -2.56. The molecule has 10 nitrogen and oxygen atoms in total. The fraction of sp³-hybridized carbons (Fsp3) is 0.414. The number of anilines is 3. The van der Waals surface area contributed by atoms with Gasteiger partial charge in [0, 0.05) is 68.7 Å². The van der Waals surface area contributed by atoms with Crippen LogP contribution in [0, 0.1) is 13.8 Å². The maximum Gasteiger partial charge on any atom is 0.227 e. The lowest BCUT2D eigenvalue weighted by molar-refractivity contribution is -0.0159. The average Bonchev–Trinajstić information content (AvgIpc) is 2.90. The third-order valence-electron chi connectivity index (χ3n) is 7.47. The Kier molecular flexibility index (Phi) is 7.97. The van der Waals surface area contributed by atoms with Crippen LogP contribution in [-0.2, 0) is 13.0 Å². The van der Waals surface area contributed by atoms with Gasteiger partial charge in [-0.1, -0.05) is 6.07 Å². The van der Waals surface area contributed by atoms with Crippen LogP contribution in [0.2, 0.25) is 0 Å². The van der Waals surface area contributed by atoms with Crippen molar-refractivity contribution in [3.8, 4) is 0 Å². The number of likely N-dealkylation sites (tertiary alicyclic amines) is 1. The van der Waals surface area contributed by atoms with Crippen LogP contribution in [0.3, 0.4) is 0 Å². The van der Waals surface area contributed by atoms with Gasteiger partial charge in [-0.25, -0.2) is 9.97 Å². The van der Waals surface area contributed by atoms with Gasteiger partial charge in [0.1, 0.15) is 5.69 Å². The number of ketones is 1. The topological polar surface area (TPSA) is 132 Å². The molecular weight excluding hydrogens is 492 g/mol. The molecule has 39 heavy (non-hydrogen) atoms. The lowest BCUT2D eigenvalue weighted by Gasteiger charge is -2.43. The quantitative estimate of drug-likeness (QED) is 0.240. The minimum atomic E-state index is -0.447. The van der Waals surface area contributed by atoms with Crippen LogP contribution in [-0.4, -0.2) is 76.0 Å². The average molecular weight is 529 g/mol. The maximum atomic E-state index is 13.1. The number of nitrogens with two attached hydrogens (primary N) is 1. The molecule has 1 saturated heterocycles. The number of aliphatic hydroxyl groups is 1. The number of azo groups is 1. The van der Waals surface area contributed by atoms with Gasteiger partial charge in [-0.2, -0.15) is 10.2 Å². The van der Waals surface area contributed by atoms with Crippen molar-refractivity contribution >= 4 is 28.8 Å². The smallest absolute Gasteiger partial charge is 0.227 e. The highest BCUT2D eigenvalue weighted by atomic mass is 16.3. The van der Waals surface area contributed by atoms with Crippen LogP contribution in [0.5, 0.6) is 0 Å². The van der Waals surface area contributed by atoms with Crippen molar-refractivity contribution in [1.29, 1.82) is 0 Å². The van der Waals surface area contributed by atoms with E-state index in [1.165, 1.54) is 11.1 Å². The molecule has 2 atom stereocenters. The molecule has 5 rings (SSSR count). The number of aryl methyl sites for hydroxylation is 2. The SMILES string of the molecule is CN=Nc1cc(C(=O)CN2CCC(O)C(N3CCc4nc(Nc5cc(C)cc(C)c5)ncc4C3)C2)ccc1N. The second-order valence-corrected chi connectivity index (χ2v) is 10.5. The van der Waals surface area contributed by atoms with Gasteiger partial charge in [0.15, 0.2) is 5.78 Å². The maximum absolute atomic E-state index is 13.1. The van der Waals surface area contributed by atoms with Crippen LogP contribution in [0.4, 0.5) is 23.0 Å². The molecule has 0 spiro atoms. The van der Waals surface area contributed by atoms with Crippen LogP contribution in [0.1, 0.15) is 39.2 Å². The summed E-state index contributed by atoms with van der Waals surface area (Å²) in [6.07, 6.45) is 2.84. The van der Waals surface area contributed by atoms with Crippen molar-refractivity contribution in [2.24, 2.45) is 10.2 Å². The predicted octanol–water partition coefficient (Wildman–Crippen LogP) is 3.81. The number of benzene rings is 2. The number of carbonyl (C=O) groups is 1. The van der Waals surface area contributed by atoms with E-state index in [0.717, 1.165) is 29.9 Å². The van der Waals surface area contributed by atoms with E-state index in [0.29, 0.717) is 48.9 Å². The molecule has 204 valence electrons. The Labute approximate surface area is 229 Å². The zero-order chi connectivity index (χ0) is 27.5. The number of hydrogen-bond donors (Lipinski definition) is 3. The predicted molar refractivity (Wildman–Crippen MR) is 152 cm³/mol. The van der Waals surface area contributed by atoms with E-state index in [2.05, 4.69) is 62.4 Å². The molecule has 1 aromatic heterocycles. The van der Waals surface area contributed by atoms with Gasteiger partial charge in [-0.05, 0) is 61.7 Å². The zero-order valence-electron chi connectivity index (χ0n) is 22.8. The normalized spacial score (nSPS) is 20.2. The summed E-state index contributed by atoms with van der Waals surface area (Å²) < 4.78 is 0. The highest BCUT2D eigenvalue weighted by molar-refractivity contribution is 5.99. The number of nitrogens with one attached hydrogen (secondary N) is 1. The van der Waals surface area contributed by atoms with Gasteiger partial charge >= 0.3 is 0 Å². The van der Waals surface area contributed by atoms with Gasteiger partial charge in [0.2, 0.25) is 5.95 Å². The second kappa shape index (κ2) is 11.6. The number of Topliss-reactive ketones (excluding diaryl/α,β-unsaturated/α-hetero) is 1. The van der Waals surface area contributed by atoms with E-state index >= 15 is 0 Å². The molecule has 10 heteroatoms. The summed E-state index contributed by atoms with van der Waals surface area (Å²) in [4.78, 5) is 26.8. The number of fused-ring (bicyclic) bond motifs is 1. The van der Waals surface area contributed by atoms with Gasteiger partial charge < -0.3 is 16.2 Å². The summed E-state index contributed by atoms with van der Waals surface area (Å²) >= 11 is 0. The van der Waals surface area contributed by atoms with E-state index < -0.39 is 6.10 Å². The highest BCUT2D eigenvalue weighted by Gasteiger charge is 2.35. The molecule has 0 saturated carbocycles. The molecule has 0 bridgehead atoms. The Balaban J connectivity index is 1.23. The molecule has 0 aliphatic carbocycles. The third kappa shape index (κ3) is 6.30. The van der Waals surface area contributed by atoms with Crippen LogP contribution < -0.4 is 11.1 Å². The van der Waals surface area contributed by atoms with Crippen molar-refractivity contribution in [2.45, 2.75) is 45.4 Å². The van der Waals surface area contributed by atoms with Crippen LogP contribution in [0.15, 0.2) is 52.8 Å². The molecule has 0 amide bonds. The standard InChI is InChI=1S/C29H36N8O2/c1-18-10-19(2)12-22(11-18)33-29-32-14-21-15-37(9-6-24(21)34-29)26-16-36(8-7-27(26)38)17-28(39)20-4-5-23(30)25(13-20)35-31-3/h4-5,10-14,26-27,38H,6-9,15-17,30H2,1-3H3,(H,32,33,34). The molecule has 0 radical (unpaired) electrons. The Morgan fingerprint density at radius 1 is 1.18 bits per heavy atom. The number of nitrogen functional groups attached to an aromatic ring is 1. The molecule has 2 aliphatic heterocycles. The number of aliphatic hydroxyl groups excluding tert-OH is 1. The van der Waals surface area contributed by atoms with Gasteiger partial charge in [0.25, 0.3) is 0 Å². The van der Waals surface area contributed by atoms with E-state index in [4.69, 9.17) is 10.7 Å². The summed E-state index contributed by atoms with van der Waals surface area (Å²) in [5.41, 5.74) is 13.0. The van der Waals surface area contributed by atoms with Gasteiger partial charge in [0.05, 0.1) is 24.0 Å². The van der Waals surface area contributed by atoms with Gasteiger partial charge in [-0.15, -0.1) is 0 Å². The summed E-state index contributed by atoms with van der Waals surface area (Å²) in [7, 11) is 1.57. The van der Waals surface area contributed by atoms with Gasteiger partial charge in [-0.3, -0.25) is 14.6 Å². The highest BCUT2D eigenvalue weighted by Crippen LogP contribution is 2.27. The summed E-state index contributed by atoms with van der Waals surface area (Å²) in [6.45, 7) is 7.17. The number of nitrogens with zero attached hydrogens (tertiary/aromatic N) is 6. The minimum absolute atomic E-state index is 0.00100. The summed E-state index contributed by atoms with van der Waals surface area (Å²) in [6, 6.07) is 11.3. The van der Waals surface area contributed by atoms with E-state index in [-0.39, 0.29) is 18.4 Å². The molecule has 1 fully saturated rings. The fourth-order valence-electron chi connectivity index (χ4n) is 5.55. The number of piperidine rings is 1. The first-order chi connectivity index (χ1) is 18.8. The number of hydrogen-bond acceptors (Lipinski definition) is 10. The first-order valence-electron chi connectivity index (χ1n) is 13.4.